The molecule has 2 amide bonds. The van der Waals surface area contributed by atoms with Crippen molar-refractivity contribution in [2.75, 3.05) is 39.3 Å². The van der Waals surface area contributed by atoms with Gasteiger partial charge in [0.1, 0.15) is 11.0 Å². The van der Waals surface area contributed by atoms with Crippen molar-refractivity contribution < 1.29 is 33.3 Å². The predicted molar refractivity (Wildman–Crippen MR) is 167 cm³/mol. The summed E-state index contributed by atoms with van der Waals surface area (Å²) >= 11 is 1.24. The van der Waals surface area contributed by atoms with Crippen LogP contribution in [0.2, 0.25) is 0 Å². The van der Waals surface area contributed by atoms with Crippen molar-refractivity contribution in [1.29, 1.82) is 0 Å². The summed E-state index contributed by atoms with van der Waals surface area (Å²) in [5.74, 6) is 0.953. The van der Waals surface area contributed by atoms with Crippen LogP contribution in [0.25, 0.3) is 0 Å². The van der Waals surface area contributed by atoms with Gasteiger partial charge in [0.05, 0.1) is 38.7 Å². The summed E-state index contributed by atoms with van der Waals surface area (Å²) in [7, 11) is 3.15. The number of amides is 2. The summed E-state index contributed by atoms with van der Waals surface area (Å²) < 4.78 is 21.3. The average molecular weight is 606 g/mol. The van der Waals surface area contributed by atoms with Crippen LogP contribution in [0.5, 0.6) is 17.2 Å². The molecule has 0 unspecified atom stereocenters. The van der Waals surface area contributed by atoms with E-state index in [1.165, 1.54) is 11.8 Å². The summed E-state index contributed by atoms with van der Waals surface area (Å²) in [5, 5.41) is 2.69. The van der Waals surface area contributed by atoms with Crippen LogP contribution in [-0.2, 0) is 20.7 Å². The molecule has 0 spiro atoms. The lowest BCUT2D eigenvalue weighted by Gasteiger charge is -2.17. The minimum absolute atomic E-state index is 0.0317. The molecule has 3 aromatic carbocycles. The smallest absolute Gasteiger partial charge is 0.338 e. The maximum atomic E-state index is 13.6. The Balaban J connectivity index is 1.53. The van der Waals surface area contributed by atoms with Crippen LogP contribution in [0, 0.1) is 0 Å². The fourth-order valence-electron chi connectivity index (χ4n) is 4.42. The summed E-state index contributed by atoms with van der Waals surface area (Å²) in [5.41, 5.74) is 2.52. The third kappa shape index (κ3) is 8.29. The van der Waals surface area contributed by atoms with Gasteiger partial charge in [0.15, 0.2) is 16.7 Å². The normalized spacial score (nSPS) is 15.3. The first-order chi connectivity index (χ1) is 20.8. The van der Waals surface area contributed by atoms with Crippen LogP contribution in [0.1, 0.15) is 36.2 Å². The van der Waals surface area contributed by atoms with E-state index >= 15 is 0 Å². The highest BCUT2D eigenvalue weighted by Crippen LogP contribution is 2.33. The lowest BCUT2D eigenvalue weighted by Crippen LogP contribution is -2.35. The minimum Gasteiger partial charge on any atom is -0.494 e. The van der Waals surface area contributed by atoms with Gasteiger partial charge in [-0.25, -0.2) is 9.79 Å². The van der Waals surface area contributed by atoms with Crippen LogP contribution < -0.4 is 19.5 Å². The van der Waals surface area contributed by atoms with Crippen LogP contribution in [0.3, 0.4) is 0 Å². The lowest BCUT2D eigenvalue weighted by atomic mass is 10.1. The van der Waals surface area contributed by atoms with Crippen LogP contribution in [-0.4, -0.2) is 67.1 Å². The maximum absolute atomic E-state index is 13.6. The van der Waals surface area contributed by atoms with Crippen molar-refractivity contribution >= 4 is 46.1 Å². The maximum Gasteiger partial charge on any atom is 0.338 e. The van der Waals surface area contributed by atoms with Gasteiger partial charge in [0.2, 0.25) is 11.8 Å². The number of hydrogen-bond acceptors (Lipinski definition) is 9. The van der Waals surface area contributed by atoms with Crippen molar-refractivity contribution in [3.05, 3.63) is 77.9 Å². The highest BCUT2D eigenvalue weighted by Gasteiger charge is 2.39. The van der Waals surface area contributed by atoms with Crippen molar-refractivity contribution in [3.8, 4) is 17.2 Å². The molecular weight excluding hydrogens is 570 g/mol. The zero-order chi connectivity index (χ0) is 30.8. The van der Waals surface area contributed by atoms with Gasteiger partial charge >= 0.3 is 5.97 Å². The number of anilines is 1. The van der Waals surface area contributed by atoms with E-state index in [0.717, 1.165) is 5.56 Å². The van der Waals surface area contributed by atoms with Crippen LogP contribution >= 0.6 is 11.8 Å². The van der Waals surface area contributed by atoms with Gasteiger partial charge in [0.25, 0.3) is 0 Å². The lowest BCUT2D eigenvalue weighted by molar-refractivity contribution is -0.128. The number of rotatable bonds is 13. The molecule has 11 heteroatoms. The van der Waals surface area contributed by atoms with E-state index in [9.17, 15) is 14.4 Å². The second-order valence-corrected chi connectivity index (χ2v) is 10.6. The molecule has 1 heterocycles. The molecule has 0 aliphatic carbocycles. The summed E-state index contributed by atoms with van der Waals surface area (Å²) in [4.78, 5) is 45.0. The zero-order valence-corrected chi connectivity index (χ0v) is 25.4. The molecule has 1 N–H and O–H groups in total. The summed E-state index contributed by atoms with van der Waals surface area (Å²) in [6.07, 6.45) is 0.493. The molecule has 4 rings (SSSR count). The summed E-state index contributed by atoms with van der Waals surface area (Å²) in [6.45, 7) is 4.77. The van der Waals surface area contributed by atoms with Gasteiger partial charge < -0.3 is 24.3 Å². The van der Waals surface area contributed by atoms with Crippen LogP contribution in [0.4, 0.5) is 11.4 Å². The van der Waals surface area contributed by atoms with E-state index in [1.807, 2.05) is 31.2 Å². The quantitative estimate of drug-likeness (QED) is 0.255. The topological polar surface area (TPSA) is 116 Å². The standard InChI is InChI=1S/C32H35N3O7S/c1-5-41-25-9-7-8-24(19-25)33-29(36)20-28-30(37)35(17-16-21-10-15-26(39-3)27(18-21)40-4)32(43-28)34-23-13-11-22(12-14-23)31(38)42-6-2/h7-15,18-19,28H,5-6,16-17,20H2,1-4H3,(H,33,36)/t28-/m1/s1. The van der Waals surface area contributed by atoms with Crippen molar-refractivity contribution in [2.45, 2.75) is 31.9 Å². The molecule has 3 aromatic rings. The van der Waals surface area contributed by atoms with E-state index < -0.39 is 11.2 Å². The van der Waals surface area contributed by atoms with Gasteiger partial charge in [-0.05, 0) is 74.4 Å². The first-order valence-corrected chi connectivity index (χ1v) is 14.8. The molecule has 1 aliphatic rings. The average Bonchev–Trinajstić information content (AvgIpc) is 3.29. The zero-order valence-electron chi connectivity index (χ0n) is 24.6. The van der Waals surface area contributed by atoms with Crippen LogP contribution in [0.15, 0.2) is 71.7 Å². The monoisotopic (exact) mass is 605 g/mol. The highest BCUT2D eigenvalue weighted by molar-refractivity contribution is 8.15. The molecule has 1 saturated heterocycles. The Hall–Kier alpha value is -4.51. The van der Waals surface area contributed by atoms with E-state index in [-0.39, 0.29) is 24.8 Å². The fourth-order valence-corrected chi connectivity index (χ4v) is 5.60. The molecular formula is C32H35N3O7S. The number of thioether (sulfide) groups is 1. The van der Waals surface area contributed by atoms with Gasteiger partial charge in [0, 0.05) is 24.7 Å². The number of nitrogens with zero attached hydrogens (tertiary/aromatic N) is 2. The van der Waals surface area contributed by atoms with Gasteiger partial charge in [-0.15, -0.1) is 0 Å². The predicted octanol–water partition coefficient (Wildman–Crippen LogP) is 5.48. The molecule has 226 valence electrons. The molecule has 1 fully saturated rings. The van der Waals surface area contributed by atoms with E-state index in [2.05, 4.69) is 5.32 Å². The van der Waals surface area contributed by atoms with Gasteiger partial charge in [-0.2, -0.15) is 0 Å². The SMILES string of the molecule is CCOC(=O)c1ccc(N=C2S[C@H](CC(=O)Nc3cccc(OCC)c3)C(=O)N2CCc2ccc(OC)c(OC)c2)cc1. The number of carbonyl (C=O) groups is 3. The largest absolute Gasteiger partial charge is 0.494 e. The molecule has 10 nitrogen and oxygen atoms in total. The Morgan fingerprint density at radius 3 is 2.42 bits per heavy atom. The number of amidine groups is 1. The van der Waals surface area contributed by atoms with E-state index in [0.29, 0.717) is 58.9 Å². The van der Waals surface area contributed by atoms with Gasteiger partial charge in [-0.1, -0.05) is 23.9 Å². The Kier molecular flexibility index (Phi) is 11.0. The highest BCUT2D eigenvalue weighted by atomic mass is 32.2. The number of ether oxygens (including phenoxy) is 4. The number of nitrogens with one attached hydrogen (secondary N) is 1. The number of benzene rings is 3. The number of methoxy groups -OCH3 is 2. The summed E-state index contributed by atoms with van der Waals surface area (Å²) in [6, 6.07) is 19.4. The molecule has 0 aromatic heterocycles. The first kappa shape index (κ1) is 31.4. The minimum atomic E-state index is -0.655. The molecule has 0 bridgehead atoms. The van der Waals surface area contributed by atoms with E-state index in [1.54, 1.807) is 68.5 Å². The number of esters is 1. The Morgan fingerprint density at radius 2 is 1.72 bits per heavy atom. The molecule has 0 saturated carbocycles. The van der Waals surface area contributed by atoms with Gasteiger partial charge in [-0.3, -0.25) is 14.5 Å². The van der Waals surface area contributed by atoms with Crippen molar-refractivity contribution in [1.82, 2.24) is 4.90 Å². The third-order valence-electron chi connectivity index (χ3n) is 6.49. The number of aliphatic imine (C=N–C) groups is 1. The second kappa shape index (κ2) is 15.1. The molecule has 0 radical (unpaired) electrons. The molecule has 1 atom stereocenters. The molecule has 43 heavy (non-hydrogen) atoms. The number of hydrogen-bond donors (Lipinski definition) is 1. The third-order valence-corrected chi connectivity index (χ3v) is 7.67. The Bertz CT molecular complexity index is 1480. The Labute approximate surface area is 255 Å². The molecule has 1 aliphatic heterocycles. The van der Waals surface area contributed by atoms with Crippen molar-refractivity contribution in [3.63, 3.8) is 0 Å². The van der Waals surface area contributed by atoms with E-state index in [4.69, 9.17) is 23.9 Å². The second-order valence-electron chi connectivity index (χ2n) is 9.41. The Morgan fingerprint density at radius 1 is 0.953 bits per heavy atom. The van der Waals surface area contributed by atoms with Crippen molar-refractivity contribution in [2.24, 2.45) is 4.99 Å². The fraction of sp³-hybridized carbons (Fsp3) is 0.312. The first-order valence-electron chi connectivity index (χ1n) is 13.9. The number of carbonyl (C=O) groups excluding carboxylic acids is 3.